The molecule has 1 atom stereocenters. The Kier molecular flexibility index (Phi) is 3.11. The quantitative estimate of drug-likeness (QED) is 0.607. The summed E-state index contributed by atoms with van der Waals surface area (Å²) in [5, 5.41) is 21.1. The van der Waals surface area contributed by atoms with Gasteiger partial charge in [-0.15, -0.1) is 0 Å². The van der Waals surface area contributed by atoms with Crippen molar-refractivity contribution in [2.24, 2.45) is 0 Å². The molecule has 2 aromatic carbocycles. The molecule has 0 aliphatic rings. The van der Waals surface area contributed by atoms with Gasteiger partial charge in [0.1, 0.15) is 6.10 Å². The molecule has 2 heterocycles. The Balaban J connectivity index is 2.07. The van der Waals surface area contributed by atoms with Crippen molar-refractivity contribution in [2.75, 3.05) is 0 Å². The van der Waals surface area contributed by atoms with Crippen LogP contribution in [0.2, 0.25) is 0 Å². The molecule has 2 aromatic heterocycles. The fraction of sp³-hybridized carbons (Fsp3) is 0.0500. The van der Waals surface area contributed by atoms with E-state index in [2.05, 4.69) is 10.5 Å². The third-order valence-corrected chi connectivity index (χ3v) is 4.16. The largest absolute Gasteiger partial charge is 0.384 e. The Morgan fingerprint density at radius 1 is 0.957 bits per heavy atom. The van der Waals surface area contributed by atoms with E-state index in [0.29, 0.717) is 5.56 Å². The number of hydrogen-bond acceptors (Lipinski definition) is 2. The second kappa shape index (κ2) is 5.28. The lowest BCUT2D eigenvalue weighted by Crippen LogP contribution is -2.03. The fourth-order valence-electron chi connectivity index (χ4n) is 3.08. The summed E-state index contributed by atoms with van der Waals surface area (Å²) in [6, 6.07) is 23.3. The summed E-state index contributed by atoms with van der Waals surface area (Å²) >= 11 is 0. The Bertz CT molecular complexity index is 1040. The van der Waals surface area contributed by atoms with Gasteiger partial charge in [-0.25, -0.2) is 0 Å². The molecule has 0 amide bonds. The third-order valence-electron chi connectivity index (χ3n) is 4.16. The van der Waals surface area contributed by atoms with Crippen LogP contribution in [0.3, 0.4) is 0 Å². The summed E-state index contributed by atoms with van der Waals surface area (Å²) in [5.41, 5.74) is 4.10. The lowest BCUT2D eigenvalue weighted by molar-refractivity contribution is 0.221. The lowest BCUT2D eigenvalue weighted by Gasteiger charge is -2.16. The minimum Gasteiger partial charge on any atom is -0.384 e. The Labute approximate surface area is 133 Å². The van der Waals surface area contributed by atoms with Crippen molar-refractivity contribution in [2.45, 2.75) is 6.10 Å². The Hall–Kier alpha value is -3.09. The summed E-state index contributed by atoms with van der Waals surface area (Å²) in [7, 11) is 0. The summed E-state index contributed by atoms with van der Waals surface area (Å²) in [6.07, 6.45) is 1.20. The van der Waals surface area contributed by atoms with Gasteiger partial charge in [-0.05, 0) is 35.9 Å². The molecular formula is C20H14N2O. The van der Waals surface area contributed by atoms with Crippen LogP contribution < -0.4 is 0 Å². The minimum absolute atomic E-state index is 0.550. The highest BCUT2D eigenvalue weighted by atomic mass is 16.3. The van der Waals surface area contributed by atoms with Gasteiger partial charge < -0.3 is 9.51 Å². The lowest BCUT2D eigenvalue weighted by atomic mass is 9.96. The molecule has 3 nitrogen and oxygen atoms in total. The van der Waals surface area contributed by atoms with E-state index in [-0.39, 0.29) is 0 Å². The molecule has 4 aromatic rings. The van der Waals surface area contributed by atoms with E-state index in [1.165, 1.54) is 0 Å². The van der Waals surface area contributed by atoms with E-state index in [0.717, 1.165) is 27.5 Å². The van der Waals surface area contributed by atoms with E-state index < -0.39 is 6.10 Å². The molecule has 4 rings (SSSR count). The van der Waals surface area contributed by atoms with E-state index >= 15 is 0 Å². The molecule has 1 N–H and O–H groups in total. The standard InChI is InChI=1S/C20H14N2O/c21-13-14-11-16-8-9-17-7-4-10-22(17)19(16)18(12-14)20(23)15-5-2-1-3-6-15/h1-12,20,23H. The van der Waals surface area contributed by atoms with Crippen molar-refractivity contribution in [1.82, 2.24) is 4.40 Å². The predicted molar refractivity (Wildman–Crippen MR) is 90.1 cm³/mol. The molecule has 0 aliphatic carbocycles. The topological polar surface area (TPSA) is 48.4 Å². The molecule has 0 bridgehead atoms. The maximum Gasteiger partial charge on any atom is 0.106 e. The summed E-state index contributed by atoms with van der Waals surface area (Å²) in [4.78, 5) is 0. The minimum atomic E-state index is -0.778. The highest BCUT2D eigenvalue weighted by Gasteiger charge is 2.17. The molecule has 0 radical (unpaired) electrons. The van der Waals surface area contributed by atoms with Crippen LogP contribution in [-0.4, -0.2) is 9.51 Å². The number of nitriles is 1. The first-order valence-electron chi connectivity index (χ1n) is 7.45. The number of fused-ring (bicyclic) bond motifs is 3. The van der Waals surface area contributed by atoms with E-state index in [9.17, 15) is 10.4 Å². The van der Waals surface area contributed by atoms with Crippen LogP contribution in [0.1, 0.15) is 22.8 Å². The van der Waals surface area contributed by atoms with Crippen LogP contribution in [0.25, 0.3) is 16.4 Å². The van der Waals surface area contributed by atoms with E-state index in [4.69, 9.17) is 0 Å². The van der Waals surface area contributed by atoms with Crippen LogP contribution in [0.4, 0.5) is 0 Å². The SMILES string of the molecule is N#Cc1cc(C(O)c2ccccc2)c2c(ccc3cccn32)c1. The zero-order valence-corrected chi connectivity index (χ0v) is 12.3. The number of aliphatic hydroxyl groups is 1. The van der Waals surface area contributed by atoms with Crippen molar-refractivity contribution >= 4 is 16.4 Å². The van der Waals surface area contributed by atoms with Gasteiger partial charge in [-0.2, -0.15) is 5.26 Å². The van der Waals surface area contributed by atoms with Crippen molar-refractivity contribution < 1.29 is 5.11 Å². The summed E-state index contributed by atoms with van der Waals surface area (Å²) in [6.45, 7) is 0. The molecule has 110 valence electrons. The number of hydrogen-bond donors (Lipinski definition) is 1. The smallest absolute Gasteiger partial charge is 0.106 e. The number of aromatic nitrogens is 1. The highest BCUT2D eigenvalue weighted by molar-refractivity contribution is 5.87. The monoisotopic (exact) mass is 298 g/mol. The van der Waals surface area contributed by atoms with Gasteiger partial charge in [0.15, 0.2) is 0 Å². The molecule has 1 unspecified atom stereocenters. The predicted octanol–water partition coefficient (Wildman–Crippen LogP) is 4.05. The number of aliphatic hydroxyl groups excluding tert-OH is 1. The maximum atomic E-state index is 10.9. The fourth-order valence-corrected chi connectivity index (χ4v) is 3.08. The zero-order valence-electron chi connectivity index (χ0n) is 12.3. The average molecular weight is 298 g/mol. The van der Waals surface area contributed by atoms with Crippen molar-refractivity contribution in [3.63, 3.8) is 0 Å². The zero-order chi connectivity index (χ0) is 15.8. The molecule has 0 saturated heterocycles. The number of nitrogens with zero attached hydrogens (tertiary/aromatic N) is 2. The van der Waals surface area contributed by atoms with Gasteiger partial charge in [0.2, 0.25) is 0 Å². The molecule has 0 spiro atoms. The third kappa shape index (κ3) is 2.17. The number of pyridine rings is 1. The second-order valence-electron chi connectivity index (χ2n) is 5.56. The normalized spacial score (nSPS) is 12.3. The molecule has 0 aliphatic heterocycles. The first-order chi connectivity index (χ1) is 11.3. The average Bonchev–Trinajstić information content (AvgIpc) is 3.09. The molecular weight excluding hydrogens is 284 g/mol. The number of rotatable bonds is 2. The highest BCUT2D eigenvalue weighted by Crippen LogP contribution is 2.31. The van der Waals surface area contributed by atoms with Crippen LogP contribution in [-0.2, 0) is 0 Å². The van der Waals surface area contributed by atoms with Gasteiger partial charge in [0.25, 0.3) is 0 Å². The molecule has 0 fully saturated rings. The van der Waals surface area contributed by atoms with Crippen LogP contribution in [0, 0.1) is 11.3 Å². The van der Waals surface area contributed by atoms with Gasteiger partial charge in [-0.3, -0.25) is 0 Å². The molecule has 3 heteroatoms. The maximum absolute atomic E-state index is 10.9. The van der Waals surface area contributed by atoms with Gasteiger partial charge in [-0.1, -0.05) is 36.4 Å². The van der Waals surface area contributed by atoms with Gasteiger partial charge in [0, 0.05) is 22.7 Å². The Morgan fingerprint density at radius 2 is 1.78 bits per heavy atom. The van der Waals surface area contributed by atoms with Crippen molar-refractivity contribution in [1.29, 1.82) is 5.26 Å². The van der Waals surface area contributed by atoms with Crippen LogP contribution in [0.15, 0.2) is 72.9 Å². The van der Waals surface area contributed by atoms with Crippen LogP contribution in [0.5, 0.6) is 0 Å². The van der Waals surface area contributed by atoms with Crippen molar-refractivity contribution in [3.8, 4) is 6.07 Å². The second-order valence-corrected chi connectivity index (χ2v) is 5.56. The van der Waals surface area contributed by atoms with E-state index in [1.807, 2.05) is 66.9 Å². The summed E-state index contributed by atoms with van der Waals surface area (Å²) in [5.74, 6) is 0. The molecule has 0 saturated carbocycles. The number of benzene rings is 2. The first-order valence-corrected chi connectivity index (χ1v) is 7.45. The van der Waals surface area contributed by atoms with Gasteiger partial charge in [0.05, 0.1) is 17.1 Å². The summed E-state index contributed by atoms with van der Waals surface area (Å²) < 4.78 is 2.05. The van der Waals surface area contributed by atoms with Crippen molar-refractivity contribution in [3.05, 3.63) is 89.6 Å². The molecule has 23 heavy (non-hydrogen) atoms. The van der Waals surface area contributed by atoms with E-state index in [1.54, 1.807) is 6.07 Å². The van der Waals surface area contributed by atoms with Crippen LogP contribution >= 0.6 is 0 Å². The first kappa shape index (κ1) is 13.6. The van der Waals surface area contributed by atoms with Gasteiger partial charge >= 0.3 is 0 Å². The Morgan fingerprint density at radius 3 is 2.57 bits per heavy atom.